The highest BCUT2D eigenvalue weighted by Gasteiger charge is 2.04. The van der Waals surface area contributed by atoms with Gasteiger partial charge in [-0.15, -0.1) is 0 Å². The molecular weight excluding hydrogens is 382 g/mol. The van der Waals surface area contributed by atoms with Gasteiger partial charge in [0, 0.05) is 24.1 Å². The first-order chi connectivity index (χ1) is 14.6. The fourth-order valence-electron chi connectivity index (χ4n) is 2.69. The molecule has 0 aliphatic carbocycles. The predicted molar refractivity (Wildman–Crippen MR) is 118 cm³/mol. The SMILES string of the molecule is Cc1ccccc1OCCCOc1ccccc1C=NNc1ccc([N+](=O)[O-])cc1. The molecule has 1 N–H and O–H groups in total. The summed E-state index contributed by atoms with van der Waals surface area (Å²) in [7, 11) is 0. The molecule has 30 heavy (non-hydrogen) atoms. The maximum absolute atomic E-state index is 10.7. The lowest BCUT2D eigenvalue weighted by molar-refractivity contribution is -0.384. The van der Waals surface area contributed by atoms with Crippen molar-refractivity contribution in [2.45, 2.75) is 13.3 Å². The number of rotatable bonds is 10. The number of nitrogens with zero attached hydrogens (tertiary/aromatic N) is 2. The molecule has 3 aromatic carbocycles. The molecule has 0 atom stereocenters. The van der Waals surface area contributed by atoms with Crippen molar-refractivity contribution in [3.8, 4) is 11.5 Å². The number of nitrogens with one attached hydrogen (secondary N) is 1. The van der Waals surface area contributed by atoms with Crippen LogP contribution in [0.1, 0.15) is 17.5 Å². The van der Waals surface area contributed by atoms with Crippen LogP contribution in [0, 0.1) is 17.0 Å². The monoisotopic (exact) mass is 405 g/mol. The molecule has 0 spiro atoms. The standard InChI is InChI=1S/C23H23N3O4/c1-18-7-2-4-9-22(18)29-15-6-16-30-23-10-5-3-8-19(23)17-24-25-20-11-13-21(14-12-20)26(27)28/h2-5,7-14,17,25H,6,15-16H2,1H3. The Morgan fingerprint density at radius 2 is 1.57 bits per heavy atom. The van der Waals surface area contributed by atoms with Crippen molar-refractivity contribution >= 4 is 17.6 Å². The lowest BCUT2D eigenvalue weighted by Gasteiger charge is -2.11. The average Bonchev–Trinajstić information content (AvgIpc) is 2.76. The number of anilines is 1. The summed E-state index contributed by atoms with van der Waals surface area (Å²) >= 11 is 0. The smallest absolute Gasteiger partial charge is 0.269 e. The van der Waals surface area contributed by atoms with Crippen LogP contribution < -0.4 is 14.9 Å². The topological polar surface area (TPSA) is 86.0 Å². The largest absolute Gasteiger partial charge is 0.493 e. The Labute approximate surface area is 175 Å². The third-order valence-electron chi connectivity index (χ3n) is 4.29. The van der Waals surface area contributed by atoms with Gasteiger partial charge in [0.15, 0.2) is 0 Å². The summed E-state index contributed by atoms with van der Waals surface area (Å²) in [5.41, 5.74) is 5.49. The van der Waals surface area contributed by atoms with E-state index >= 15 is 0 Å². The number of hydrazone groups is 1. The first kappa shape index (κ1) is 20.9. The molecule has 0 radical (unpaired) electrons. The second-order valence-electron chi connectivity index (χ2n) is 6.53. The van der Waals surface area contributed by atoms with E-state index < -0.39 is 4.92 Å². The van der Waals surface area contributed by atoms with Gasteiger partial charge in [0.05, 0.1) is 30.0 Å². The predicted octanol–water partition coefficient (Wildman–Crippen LogP) is 5.20. The second-order valence-corrected chi connectivity index (χ2v) is 6.53. The molecule has 154 valence electrons. The van der Waals surface area contributed by atoms with E-state index in [9.17, 15) is 10.1 Å². The van der Waals surface area contributed by atoms with Crippen LogP contribution in [0.15, 0.2) is 77.9 Å². The minimum atomic E-state index is -0.438. The van der Waals surface area contributed by atoms with Gasteiger partial charge in [-0.1, -0.05) is 30.3 Å². The van der Waals surface area contributed by atoms with Crippen LogP contribution in [-0.4, -0.2) is 24.4 Å². The van der Waals surface area contributed by atoms with E-state index in [2.05, 4.69) is 10.5 Å². The summed E-state index contributed by atoms with van der Waals surface area (Å²) in [5, 5.41) is 14.9. The highest BCUT2D eigenvalue weighted by atomic mass is 16.6. The van der Waals surface area contributed by atoms with Crippen molar-refractivity contribution < 1.29 is 14.4 Å². The normalized spacial score (nSPS) is 10.7. The van der Waals surface area contributed by atoms with E-state index in [0.717, 1.165) is 29.0 Å². The molecule has 0 saturated carbocycles. The quantitative estimate of drug-likeness (QED) is 0.217. The summed E-state index contributed by atoms with van der Waals surface area (Å²) in [6.07, 6.45) is 2.40. The molecule has 0 fully saturated rings. The zero-order valence-corrected chi connectivity index (χ0v) is 16.7. The number of hydrogen-bond acceptors (Lipinski definition) is 6. The van der Waals surface area contributed by atoms with Gasteiger partial charge in [0.2, 0.25) is 0 Å². The molecular formula is C23H23N3O4. The van der Waals surface area contributed by atoms with E-state index in [1.807, 2.05) is 55.5 Å². The number of para-hydroxylation sites is 2. The zero-order valence-electron chi connectivity index (χ0n) is 16.7. The van der Waals surface area contributed by atoms with Gasteiger partial charge in [0.1, 0.15) is 11.5 Å². The highest BCUT2D eigenvalue weighted by molar-refractivity contribution is 5.84. The van der Waals surface area contributed by atoms with Crippen molar-refractivity contribution in [1.29, 1.82) is 0 Å². The molecule has 0 aromatic heterocycles. The fraction of sp³-hybridized carbons (Fsp3) is 0.174. The van der Waals surface area contributed by atoms with Crippen LogP contribution in [0.4, 0.5) is 11.4 Å². The fourth-order valence-corrected chi connectivity index (χ4v) is 2.69. The van der Waals surface area contributed by atoms with Crippen molar-refractivity contribution in [2.75, 3.05) is 18.6 Å². The first-order valence-electron chi connectivity index (χ1n) is 9.57. The molecule has 3 rings (SSSR count). The van der Waals surface area contributed by atoms with Crippen LogP contribution in [0.2, 0.25) is 0 Å². The molecule has 0 heterocycles. The number of hydrogen-bond donors (Lipinski definition) is 1. The lowest BCUT2D eigenvalue weighted by atomic mass is 10.2. The third kappa shape index (κ3) is 6.07. The summed E-state index contributed by atoms with van der Waals surface area (Å²) in [4.78, 5) is 10.3. The number of benzene rings is 3. The number of nitro benzene ring substituents is 1. The summed E-state index contributed by atoms with van der Waals surface area (Å²) in [6.45, 7) is 3.11. The van der Waals surface area contributed by atoms with Crippen molar-refractivity contribution in [3.05, 3.63) is 94.0 Å². The number of non-ortho nitro benzene ring substituents is 1. The van der Waals surface area contributed by atoms with Crippen LogP contribution in [0.25, 0.3) is 0 Å². The van der Waals surface area contributed by atoms with Crippen LogP contribution in [0.5, 0.6) is 11.5 Å². The highest BCUT2D eigenvalue weighted by Crippen LogP contribution is 2.19. The van der Waals surface area contributed by atoms with E-state index in [1.165, 1.54) is 12.1 Å². The minimum absolute atomic E-state index is 0.0367. The number of ether oxygens (including phenoxy) is 2. The molecule has 0 amide bonds. The van der Waals surface area contributed by atoms with Gasteiger partial charge < -0.3 is 9.47 Å². The Balaban J connectivity index is 1.48. The number of nitro groups is 1. The van der Waals surface area contributed by atoms with E-state index in [-0.39, 0.29) is 5.69 Å². The zero-order chi connectivity index (χ0) is 21.2. The Kier molecular flexibility index (Phi) is 7.38. The Hall–Kier alpha value is -3.87. The summed E-state index contributed by atoms with van der Waals surface area (Å²) < 4.78 is 11.7. The van der Waals surface area contributed by atoms with E-state index in [1.54, 1.807) is 18.3 Å². The van der Waals surface area contributed by atoms with E-state index in [0.29, 0.717) is 18.9 Å². The molecule has 0 aliphatic rings. The van der Waals surface area contributed by atoms with Crippen LogP contribution in [-0.2, 0) is 0 Å². The van der Waals surface area contributed by atoms with Crippen LogP contribution in [0.3, 0.4) is 0 Å². The van der Waals surface area contributed by atoms with Gasteiger partial charge in [-0.25, -0.2) is 0 Å². The number of aryl methyl sites for hydroxylation is 1. The lowest BCUT2D eigenvalue weighted by Crippen LogP contribution is -2.06. The molecule has 0 bridgehead atoms. The van der Waals surface area contributed by atoms with Crippen molar-refractivity contribution in [2.24, 2.45) is 5.10 Å². The summed E-state index contributed by atoms with van der Waals surface area (Å²) in [6, 6.07) is 21.6. The molecule has 0 aliphatic heterocycles. The molecule has 7 heteroatoms. The molecule has 3 aromatic rings. The average molecular weight is 405 g/mol. The van der Waals surface area contributed by atoms with Gasteiger partial charge in [-0.3, -0.25) is 15.5 Å². The molecule has 0 unspecified atom stereocenters. The minimum Gasteiger partial charge on any atom is -0.493 e. The van der Waals surface area contributed by atoms with Gasteiger partial charge in [-0.05, 0) is 42.8 Å². The Morgan fingerprint density at radius 1 is 0.933 bits per heavy atom. The van der Waals surface area contributed by atoms with Gasteiger partial charge in [-0.2, -0.15) is 5.10 Å². The molecule has 7 nitrogen and oxygen atoms in total. The maximum Gasteiger partial charge on any atom is 0.269 e. The van der Waals surface area contributed by atoms with Gasteiger partial charge >= 0.3 is 0 Å². The summed E-state index contributed by atoms with van der Waals surface area (Å²) in [5.74, 6) is 1.62. The third-order valence-corrected chi connectivity index (χ3v) is 4.29. The van der Waals surface area contributed by atoms with E-state index in [4.69, 9.17) is 9.47 Å². The Morgan fingerprint density at radius 3 is 2.27 bits per heavy atom. The van der Waals surface area contributed by atoms with Crippen LogP contribution >= 0.6 is 0 Å². The molecule has 0 saturated heterocycles. The first-order valence-corrected chi connectivity index (χ1v) is 9.57. The maximum atomic E-state index is 10.7. The second kappa shape index (κ2) is 10.6. The van der Waals surface area contributed by atoms with Gasteiger partial charge in [0.25, 0.3) is 5.69 Å². The van der Waals surface area contributed by atoms with Crippen molar-refractivity contribution in [1.82, 2.24) is 0 Å². The van der Waals surface area contributed by atoms with Crippen molar-refractivity contribution in [3.63, 3.8) is 0 Å². The Bertz CT molecular complexity index is 1000.